The standard InChI is InChI=1S/C21H23Cl3N2O3/c1-28-19-10-18(20(29-2)9-17(19)24)25-21(27)13-5-4-8-26(11-13)12-14-15(22)6-3-7-16(14)23/h3,6-7,9-10,13H,4-5,8,11-12H2,1-2H3,(H,25,27). The molecule has 8 heteroatoms. The molecule has 29 heavy (non-hydrogen) atoms. The van der Waals surface area contributed by atoms with Crippen LogP contribution in [0.3, 0.4) is 0 Å². The fourth-order valence-electron chi connectivity index (χ4n) is 3.51. The number of benzene rings is 2. The number of hydrogen-bond acceptors (Lipinski definition) is 4. The zero-order valence-corrected chi connectivity index (χ0v) is 18.6. The van der Waals surface area contributed by atoms with Gasteiger partial charge in [-0.15, -0.1) is 0 Å². The lowest BCUT2D eigenvalue weighted by Crippen LogP contribution is -2.40. The van der Waals surface area contributed by atoms with E-state index in [1.54, 1.807) is 12.1 Å². The topological polar surface area (TPSA) is 50.8 Å². The number of methoxy groups -OCH3 is 2. The van der Waals surface area contributed by atoms with Crippen LogP contribution >= 0.6 is 34.8 Å². The average molecular weight is 458 g/mol. The van der Waals surface area contributed by atoms with Crippen molar-refractivity contribution < 1.29 is 14.3 Å². The molecule has 0 radical (unpaired) electrons. The molecule has 1 aliphatic rings. The van der Waals surface area contributed by atoms with E-state index in [4.69, 9.17) is 44.3 Å². The highest BCUT2D eigenvalue weighted by Gasteiger charge is 2.27. The third kappa shape index (κ3) is 5.28. The third-order valence-electron chi connectivity index (χ3n) is 5.05. The van der Waals surface area contributed by atoms with E-state index in [0.29, 0.717) is 45.3 Å². The maximum Gasteiger partial charge on any atom is 0.228 e. The van der Waals surface area contributed by atoms with Crippen LogP contribution in [0.4, 0.5) is 5.69 Å². The zero-order chi connectivity index (χ0) is 21.0. The summed E-state index contributed by atoms with van der Waals surface area (Å²) in [5, 5.41) is 4.66. The van der Waals surface area contributed by atoms with Crippen molar-refractivity contribution in [3.8, 4) is 11.5 Å². The minimum atomic E-state index is -0.156. The average Bonchev–Trinajstić information content (AvgIpc) is 2.72. The number of anilines is 1. The molecule has 0 aromatic heterocycles. The van der Waals surface area contributed by atoms with Crippen molar-refractivity contribution in [3.63, 3.8) is 0 Å². The lowest BCUT2D eigenvalue weighted by Gasteiger charge is -2.32. The van der Waals surface area contributed by atoms with E-state index < -0.39 is 0 Å². The van der Waals surface area contributed by atoms with E-state index >= 15 is 0 Å². The van der Waals surface area contributed by atoms with E-state index in [2.05, 4.69) is 10.2 Å². The van der Waals surface area contributed by atoms with Crippen molar-refractivity contribution >= 4 is 46.4 Å². The Kier molecular flexibility index (Phi) is 7.52. The van der Waals surface area contributed by atoms with Crippen LogP contribution in [0.25, 0.3) is 0 Å². The van der Waals surface area contributed by atoms with Crippen LogP contribution in [0, 0.1) is 5.92 Å². The number of likely N-dealkylation sites (tertiary alicyclic amines) is 1. The van der Waals surface area contributed by atoms with Crippen molar-refractivity contribution in [1.82, 2.24) is 4.90 Å². The van der Waals surface area contributed by atoms with Gasteiger partial charge in [-0.3, -0.25) is 9.69 Å². The Morgan fingerprint density at radius 2 is 1.79 bits per heavy atom. The van der Waals surface area contributed by atoms with Gasteiger partial charge in [0.2, 0.25) is 5.91 Å². The van der Waals surface area contributed by atoms with Gasteiger partial charge in [0.25, 0.3) is 0 Å². The number of rotatable bonds is 6. The van der Waals surface area contributed by atoms with E-state index in [1.165, 1.54) is 14.2 Å². The quantitative estimate of drug-likeness (QED) is 0.621. The summed E-state index contributed by atoms with van der Waals surface area (Å²) in [5.41, 5.74) is 1.42. The second kappa shape index (κ2) is 9.90. The van der Waals surface area contributed by atoms with Crippen molar-refractivity contribution in [3.05, 3.63) is 51.0 Å². The first-order valence-corrected chi connectivity index (χ1v) is 10.4. The van der Waals surface area contributed by atoms with Gasteiger partial charge in [-0.1, -0.05) is 40.9 Å². The fourth-order valence-corrected chi connectivity index (χ4v) is 4.26. The summed E-state index contributed by atoms with van der Waals surface area (Å²) in [6.45, 7) is 2.13. The molecule has 2 aromatic rings. The SMILES string of the molecule is COc1cc(NC(=O)C2CCCN(Cc3c(Cl)cccc3Cl)C2)c(OC)cc1Cl. The molecule has 1 unspecified atom stereocenters. The molecule has 156 valence electrons. The normalized spacial score (nSPS) is 17.1. The maximum atomic E-state index is 12.9. The summed E-state index contributed by atoms with van der Waals surface area (Å²) in [6.07, 6.45) is 1.73. The minimum absolute atomic E-state index is 0.0670. The molecular formula is C21H23Cl3N2O3. The van der Waals surface area contributed by atoms with Gasteiger partial charge in [0.15, 0.2) is 0 Å². The smallest absolute Gasteiger partial charge is 0.228 e. The Morgan fingerprint density at radius 1 is 1.10 bits per heavy atom. The first kappa shape index (κ1) is 22.0. The van der Waals surface area contributed by atoms with Gasteiger partial charge in [-0.2, -0.15) is 0 Å². The van der Waals surface area contributed by atoms with Gasteiger partial charge in [-0.25, -0.2) is 0 Å². The molecular weight excluding hydrogens is 435 g/mol. The monoisotopic (exact) mass is 456 g/mol. The van der Waals surface area contributed by atoms with Crippen LogP contribution < -0.4 is 14.8 Å². The minimum Gasteiger partial charge on any atom is -0.495 e. The Balaban J connectivity index is 1.70. The Bertz CT molecular complexity index is 871. The molecule has 5 nitrogen and oxygen atoms in total. The number of carbonyl (C=O) groups excluding carboxylic acids is 1. The second-order valence-corrected chi connectivity index (χ2v) is 8.17. The van der Waals surface area contributed by atoms with E-state index in [-0.39, 0.29) is 11.8 Å². The lowest BCUT2D eigenvalue weighted by molar-refractivity contribution is -0.121. The predicted octanol–water partition coefficient (Wildman–Crippen LogP) is 5.51. The molecule has 0 spiro atoms. The number of amides is 1. The number of halogens is 3. The molecule has 1 aliphatic heterocycles. The van der Waals surface area contributed by atoms with Crippen molar-refractivity contribution in [2.45, 2.75) is 19.4 Å². The number of hydrogen-bond donors (Lipinski definition) is 1. The molecule has 2 aromatic carbocycles. The summed E-state index contributed by atoms with van der Waals surface area (Å²) in [4.78, 5) is 15.1. The highest BCUT2D eigenvalue weighted by Crippen LogP contribution is 2.36. The number of piperidine rings is 1. The summed E-state index contributed by atoms with van der Waals surface area (Å²) >= 11 is 18.7. The third-order valence-corrected chi connectivity index (χ3v) is 6.06. The molecule has 0 bridgehead atoms. The molecule has 1 saturated heterocycles. The van der Waals surface area contributed by atoms with Gasteiger partial charge in [-0.05, 0) is 31.5 Å². The summed E-state index contributed by atoms with van der Waals surface area (Å²) in [7, 11) is 3.06. The van der Waals surface area contributed by atoms with Crippen LogP contribution in [0.1, 0.15) is 18.4 Å². The molecule has 1 atom stereocenters. The second-order valence-electron chi connectivity index (χ2n) is 6.95. The van der Waals surface area contributed by atoms with Gasteiger partial charge in [0, 0.05) is 40.8 Å². The Hall–Kier alpha value is -1.66. The summed E-state index contributed by atoms with van der Waals surface area (Å²) in [6, 6.07) is 8.79. The van der Waals surface area contributed by atoms with Crippen molar-refractivity contribution in [2.24, 2.45) is 5.92 Å². The lowest BCUT2D eigenvalue weighted by atomic mass is 9.96. The van der Waals surface area contributed by atoms with Gasteiger partial charge >= 0.3 is 0 Å². The van der Waals surface area contributed by atoms with E-state index in [0.717, 1.165) is 24.9 Å². The number of nitrogens with zero attached hydrogens (tertiary/aromatic N) is 1. The highest BCUT2D eigenvalue weighted by molar-refractivity contribution is 6.36. The van der Waals surface area contributed by atoms with Crippen molar-refractivity contribution in [1.29, 1.82) is 0 Å². The molecule has 1 fully saturated rings. The summed E-state index contributed by atoms with van der Waals surface area (Å²) < 4.78 is 10.6. The molecule has 1 amide bonds. The van der Waals surface area contributed by atoms with Crippen LogP contribution in [0.5, 0.6) is 11.5 Å². The zero-order valence-electron chi connectivity index (χ0n) is 16.3. The fraction of sp³-hybridized carbons (Fsp3) is 0.381. The number of carbonyl (C=O) groups is 1. The van der Waals surface area contributed by atoms with Gasteiger partial charge < -0.3 is 14.8 Å². The number of nitrogens with one attached hydrogen (secondary N) is 1. The van der Waals surface area contributed by atoms with E-state index in [1.807, 2.05) is 18.2 Å². The summed E-state index contributed by atoms with van der Waals surface area (Å²) in [5.74, 6) is 0.736. The van der Waals surface area contributed by atoms with Gasteiger partial charge in [0.05, 0.1) is 30.8 Å². The molecule has 3 rings (SSSR count). The van der Waals surface area contributed by atoms with Crippen LogP contribution in [0.15, 0.2) is 30.3 Å². The van der Waals surface area contributed by atoms with Crippen LogP contribution in [-0.4, -0.2) is 38.1 Å². The maximum absolute atomic E-state index is 12.9. The highest BCUT2D eigenvalue weighted by atomic mass is 35.5. The molecule has 0 aliphatic carbocycles. The first-order chi connectivity index (χ1) is 13.9. The van der Waals surface area contributed by atoms with Gasteiger partial charge in [0.1, 0.15) is 11.5 Å². The van der Waals surface area contributed by atoms with E-state index in [9.17, 15) is 4.79 Å². The first-order valence-electron chi connectivity index (χ1n) is 9.30. The van der Waals surface area contributed by atoms with Crippen LogP contribution in [0.2, 0.25) is 15.1 Å². The van der Waals surface area contributed by atoms with Crippen molar-refractivity contribution in [2.75, 3.05) is 32.6 Å². The van der Waals surface area contributed by atoms with Crippen LogP contribution in [-0.2, 0) is 11.3 Å². The Morgan fingerprint density at radius 3 is 2.45 bits per heavy atom. The predicted molar refractivity (Wildman–Crippen MR) is 118 cm³/mol. The Labute approximate surface area is 185 Å². The molecule has 1 heterocycles. The molecule has 0 saturated carbocycles. The number of ether oxygens (including phenoxy) is 2. The largest absolute Gasteiger partial charge is 0.495 e. The molecule has 1 N–H and O–H groups in total.